The van der Waals surface area contributed by atoms with Crippen molar-refractivity contribution in [2.24, 2.45) is 0 Å². The van der Waals surface area contributed by atoms with Gasteiger partial charge in [-0.15, -0.1) is 0 Å². The van der Waals surface area contributed by atoms with Crippen LogP contribution in [0.4, 0.5) is 0 Å². The molecule has 3 aromatic rings. The average Bonchev–Trinajstić information content (AvgIpc) is 3.04. The smallest absolute Gasteiger partial charge is 0.188 e. The van der Waals surface area contributed by atoms with Gasteiger partial charge in [-0.05, 0) is 49.4 Å². The number of Topliss-reactive ketones (excluding diaryl/α,β-unsaturated/α-hetero) is 1. The van der Waals surface area contributed by atoms with Gasteiger partial charge in [-0.2, -0.15) is 0 Å². The molecule has 0 fully saturated rings. The zero-order chi connectivity index (χ0) is 16.2. The Morgan fingerprint density at radius 3 is 2.35 bits per heavy atom. The fraction of sp³-hybridized carbons (Fsp3) is 0.0500. The van der Waals surface area contributed by atoms with Crippen molar-refractivity contribution in [2.75, 3.05) is 0 Å². The van der Waals surface area contributed by atoms with Crippen LogP contribution in [0.5, 0.6) is 0 Å². The third-order valence-corrected chi connectivity index (χ3v) is 3.76. The van der Waals surface area contributed by atoms with Crippen LogP contribution in [0.3, 0.4) is 0 Å². The third-order valence-electron chi connectivity index (χ3n) is 3.51. The number of halogens is 1. The van der Waals surface area contributed by atoms with E-state index in [1.807, 2.05) is 54.6 Å². The molecule has 0 bridgehead atoms. The predicted molar refractivity (Wildman–Crippen MR) is 93.6 cm³/mol. The number of rotatable bonds is 4. The van der Waals surface area contributed by atoms with Crippen molar-refractivity contribution in [2.45, 2.75) is 6.92 Å². The van der Waals surface area contributed by atoms with Crippen LogP contribution >= 0.6 is 11.6 Å². The molecule has 23 heavy (non-hydrogen) atoms. The Labute approximate surface area is 140 Å². The van der Waals surface area contributed by atoms with E-state index in [0.29, 0.717) is 21.9 Å². The molecule has 0 spiro atoms. The fourth-order valence-corrected chi connectivity index (χ4v) is 2.42. The maximum atomic E-state index is 12.3. The lowest BCUT2D eigenvalue weighted by molar-refractivity contribution is 0.103. The summed E-state index contributed by atoms with van der Waals surface area (Å²) in [6.45, 7) is 1.79. The Hall–Kier alpha value is -2.58. The van der Waals surface area contributed by atoms with Crippen LogP contribution in [-0.4, -0.2) is 5.78 Å². The van der Waals surface area contributed by atoms with Gasteiger partial charge in [-0.3, -0.25) is 4.79 Å². The second kappa shape index (κ2) is 6.67. The molecule has 2 aromatic carbocycles. The molecule has 0 N–H and O–H groups in total. The minimum Gasteiger partial charge on any atom is -0.457 e. The van der Waals surface area contributed by atoms with Gasteiger partial charge in [0.25, 0.3) is 0 Å². The first-order valence-corrected chi connectivity index (χ1v) is 7.65. The fourth-order valence-electron chi connectivity index (χ4n) is 2.30. The molecule has 1 aromatic heterocycles. The van der Waals surface area contributed by atoms with Crippen LogP contribution in [0, 0.1) is 0 Å². The number of carbonyl (C=O) groups is 1. The summed E-state index contributed by atoms with van der Waals surface area (Å²) in [6, 6.07) is 20.4. The lowest BCUT2D eigenvalue weighted by Gasteiger charge is -2.00. The van der Waals surface area contributed by atoms with E-state index < -0.39 is 0 Å². The highest BCUT2D eigenvalue weighted by Gasteiger charge is 2.09. The maximum absolute atomic E-state index is 12.3. The lowest BCUT2D eigenvalue weighted by Crippen LogP contribution is -1.99. The number of hydrogen-bond donors (Lipinski definition) is 0. The van der Waals surface area contributed by atoms with E-state index in [2.05, 4.69) is 0 Å². The largest absolute Gasteiger partial charge is 0.457 e. The number of hydrogen-bond acceptors (Lipinski definition) is 2. The van der Waals surface area contributed by atoms with Crippen LogP contribution in [0.25, 0.3) is 17.4 Å². The Balaban J connectivity index is 1.83. The van der Waals surface area contributed by atoms with Crippen LogP contribution in [0.15, 0.2) is 76.7 Å². The summed E-state index contributed by atoms with van der Waals surface area (Å²) in [5, 5.41) is 0.685. The van der Waals surface area contributed by atoms with Gasteiger partial charge in [0.2, 0.25) is 0 Å². The van der Waals surface area contributed by atoms with Gasteiger partial charge in [0.1, 0.15) is 11.5 Å². The molecule has 3 heteroatoms. The predicted octanol–water partition coefficient (Wildman–Crippen LogP) is 5.89. The molecule has 0 aliphatic carbocycles. The van der Waals surface area contributed by atoms with Gasteiger partial charge in [-0.25, -0.2) is 0 Å². The monoisotopic (exact) mass is 322 g/mol. The van der Waals surface area contributed by atoms with Gasteiger partial charge < -0.3 is 4.42 Å². The SMILES string of the molecule is CC(=Cc1ccc(-c2ccc(Cl)cc2)o1)C(=O)c1ccccc1. The summed E-state index contributed by atoms with van der Waals surface area (Å²) in [5.41, 5.74) is 2.25. The first-order valence-electron chi connectivity index (χ1n) is 7.27. The van der Waals surface area contributed by atoms with Crippen LogP contribution < -0.4 is 0 Å². The number of furan rings is 1. The quantitative estimate of drug-likeness (QED) is 0.443. The molecule has 1 heterocycles. The molecular formula is C20H15ClO2. The average molecular weight is 323 g/mol. The van der Waals surface area contributed by atoms with E-state index in [1.165, 1.54) is 0 Å². The van der Waals surface area contributed by atoms with Gasteiger partial charge in [0.15, 0.2) is 5.78 Å². The molecule has 0 atom stereocenters. The normalized spacial score (nSPS) is 11.5. The first kappa shape index (κ1) is 15.3. The maximum Gasteiger partial charge on any atom is 0.188 e. The second-order valence-corrected chi connectivity index (χ2v) is 5.67. The highest BCUT2D eigenvalue weighted by molar-refractivity contribution is 6.30. The van der Waals surface area contributed by atoms with E-state index in [4.69, 9.17) is 16.0 Å². The summed E-state index contributed by atoms with van der Waals surface area (Å²) < 4.78 is 5.79. The van der Waals surface area contributed by atoms with Crippen LogP contribution in [0.2, 0.25) is 5.02 Å². The van der Waals surface area contributed by atoms with E-state index in [1.54, 1.807) is 25.1 Å². The summed E-state index contributed by atoms with van der Waals surface area (Å²) in [6.07, 6.45) is 1.76. The lowest BCUT2D eigenvalue weighted by atomic mass is 10.0. The molecule has 0 aliphatic heterocycles. The number of allylic oxidation sites excluding steroid dienone is 1. The van der Waals surface area contributed by atoms with E-state index in [9.17, 15) is 4.79 Å². The summed E-state index contributed by atoms with van der Waals surface area (Å²) >= 11 is 5.89. The molecule has 2 nitrogen and oxygen atoms in total. The van der Waals surface area contributed by atoms with Crippen LogP contribution in [-0.2, 0) is 0 Å². The number of carbonyl (C=O) groups excluding carboxylic acids is 1. The van der Waals surface area contributed by atoms with Gasteiger partial charge in [-0.1, -0.05) is 41.9 Å². The molecule has 114 valence electrons. The second-order valence-electron chi connectivity index (χ2n) is 5.23. The topological polar surface area (TPSA) is 30.2 Å². The molecule has 0 aliphatic rings. The summed E-state index contributed by atoms with van der Waals surface area (Å²) in [4.78, 5) is 12.3. The summed E-state index contributed by atoms with van der Waals surface area (Å²) in [5.74, 6) is 1.39. The molecular weight excluding hydrogens is 308 g/mol. The number of ketones is 1. The van der Waals surface area contributed by atoms with Gasteiger partial charge >= 0.3 is 0 Å². The van der Waals surface area contributed by atoms with Gasteiger partial charge in [0.05, 0.1) is 0 Å². The van der Waals surface area contributed by atoms with Crippen molar-refractivity contribution < 1.29 is 9.21 Å². The molecule has 0 saturated heterocycles. The third kappa shape index (κ3) is 3.61. The van der Waals surface area contributed by atoms with Crippen molar-refractivity contribution in [3.8, 4) is 11.3 Å². The van der Waals surface area contributed by atoms with Crippen molar-refractivity contribution in [3.05, 3.63) is 88.6 Å². The molecule has 0 unspecified atom stereocenters. The van der Waals surface area contributed by atoms with Crippen LogP contribution in [0.1, 0.15) is 23.0 Å². The van der Waals surface area contributed by atoms with Gasteiger partial charge in [0, 0.05) is 21.7 Å². The van der Waals surface area contributed by atoms with Crippen molar-refractivity contribution in [1.82, 2.24) is 0 Å². The first-order chi connectivity index (χ1) is 11.1. The van der Waals surface area contributed by atoms with Crippen molar-refractivity contribution >= 4 is 23.5 Å². The number of benzene rings is 2. The minimum absolute atomic E-state index is 0.00459. The molecule has 0 radical (unpaired) electrons. The molecule has 0 amide bonds. The zero-order valence-corrected chi connectivity index (χ0v) is 13.4. The molecule has 3 rings (SSSR count). The Bertz CT molecular complexity index is 843. The Kier molecular flexibility index (Phi) is 4.45. The van der Waals surface area contributed by atoms with Crippen molar-refractivity contribution in [3.63, 3.8) is 0 Å². The van der Waals surface area contributed by atoms with E-state index in [0.717, 1.165) is 11.3 Å². The Morgan fingerprint density at radius 2 is 1.65 bits per heavy atom. The Morgan fingerprint density at radius 1 is 0.957 bits per heavy atom. The standard InChI is InChI=1S/C20H15ClO2/c1-14(20(22)16-5-3-2-4-6-16)13-18-11-12-19(23-18)15-7-9-17(21)10-8-15/h2-13H,1H3. The highest BCUT2D eigenvalue weighted by Crippen LogP contribution is 2.25. The summed E-state index contributed by atoms with van der Waals surface area (Å²) in [7, 11) is 0. The van der Waals surface area contributed by atoms with E-state index in [-0.39, 0.29) is 5.78 Å². The molecule has 0 saturated carbocycles. The van der Waals surface area contributed by atoms with E-state index >= 15 is 0 Å². The zero-order valence-electron chi connectivity index (χ0n) is 12.6. The minimum atomic E-state index is -0.00459. The van der Waals surface area contributed by atoms with Crippen molar-refractivity contribution in [1.29, 1.82) is 0 Å². The highest BCUT2D eigenvalue weighted by atomic mass is 35.5.